The Balaban J connectivity index is 2.27. The number of carbonyl (C=O) groups excluding carboxylic acids is 1. The van der Waals surface area contributed by atoms with E-state index in [-0.39, 0.29) is 5.91 Å². The van der Waals surface area contributed by atoms with E-state index in [0.29, 0.717) is 18.0 Å². The van der Waals surface area contributed by atoms with Crippen LogP contribution >= 0.6 is 11.6 Å². The van der Waals surface area contributed by atoms with Gasteiger partial charge in [-0.15, -0.1) is 11.6 Å². The van der Waals surface area contributed by atoms with Gasteiger partial charge in [0.15, 0.2) is 0 Å². The van der Waals surface area contributed by atoms with E-state index < -0.39 is 0 Å². The van der Waals surface area contributed by atoms with Crippen LogP contribution in [0.4, 0.5) is 0 Å². The van der Waals surface area contributed by atoms with Crippen molar-refractivity contribution in [1.29, 1.82) is 0 Å². The molecule has 0 aliphatic carbocycles. The number of alkyl halides is 1. The van der Waals surface area contributed by atoms with Gasteiger partial charge in [-0.2, -0.15) is 0 Å². The minimum Gasteiger partial charge on any atom is -0.352 e. The molecule has 0 aliphatic rings. The van der Waals surface area contributed by atoms with Gasteiger partial charge in [0, 0.05) is 18.0 Å². The van der Waals surface area contributed by atoms with Gasteiger partial charge >= 0.3 is 0 Å². The van der Waals surface area contributed by atoms with Crippen molar-refractivity contribution in [3.05, 3.63) is 71.8 Å². The fourth-order valence-corrected chi connectivity index (χ4v) is 2.11. The molecule has 0 atom stereocenters. The highest BCUT2D eigenvalue weighted by Crippen LogP contribution is 2.18. The quantitative estimate of drug-likeness (QED) is 0.372. The van der Waals surface area contributed by atoms with Crippen LogP contribution in [-0.2, 0) is 4.79 Å². The fourth-order valence-electron chi connectivity index (χ4n) is 1.98. The summed E-state index contributed by atoms with van der Waals surface area (Å²) in [5, 5.41) is 2.91. The summed E-state index contributed by atoms with van der Waals surface area (Å²) in [5.41, 5.74) is 2.57. The molecular weight excluding hydrogens is 282 g/mol. The highest BCUT2D eigenvalue weighted by molar-refractivity contribution is 6.24. The van der Waals surface area contributed by atoms with Crippen molar-refractivity contribution in [3.8, 4) is 0 Å². The topological polar surface area (TPSA) is 29.1 Å². The van der Waals surface area contributed by atoms with Crippen LogP contribution in [0.1, 0.15) is 17.5 Å². The Morgan fingerprint density at radius 1 is 1.00 bits per heavy atom. The van der Waals surface area contributed by atoms with Gasteiger partial charge in [0.1, 0.15) is 0 Å². The van der Waals surface area contributed by atoms with Crippen molar-refractivity contribution in [2.45, 2.75) is 6.42 Å². The zero-order valence-corrected chi connectivity index (χ0v) is 12.5. The molecule has 2 nitrogen and oxygen atoms in total. The monoisotopic (exact) mass is 299 g/mol. The lowest BCUT2D eigenvalue weighted by Gasteiger charge is -2.09. The van der Waals surface area contributed by atoms with Crippen molar-refractivity contribution in [1.82, 2.24) is 5.32 Å². The summed E-state index contributed by atoms with van der Waals surface area (Å²) in [4.78, 5) is 12.4. The van der Waals surface area contributed by atoms with E-state index in [9.17, 15) is 4.79 Å². The van der Waals surface area contributed by atoms with Gasteiger partial charge in [0.05, 0.1) is 0 Å². The zero-order chi connectivity index (χ0) is 14.9. The molecule has 0 bridgehead atoms. The predicted octanol–water partition coefficient (Wildman–Crippen LogP) is 3.97. The van der Waals surface area contributed by atoms with Crippen LogP contribution in [0, 0.1) is 0 Å². The maximum Gasteiger partial charge on any atom is 0.251 e. The van der Waals surface area contributed by atoms with Crippen LogP contribution in [0.25, 0.3) is 11.6 Å². The van der Waals surface area contributed by atoms with Gasteiger partial charge in [-0.3, -0.25) is 4.79 Å². The molecule has 0 spiro atoms. The van der Waals surface area contributed by atoms with E-state index in [1.165, 1.54) is 0 Å². The molecule has 0 fully saturated rings. The molecule has 108 valence electrons. The number of rotatable bonds is 6. The van der Waals surface area contributed by atoms with Crippen molar-refractivity contribution in [2.24, 2.45) is 0 Å². The largest absolute Gasteiger partial charge is 0.352 e. The predicted molar refractivity (Wildman–Crippen MR) is 89.1 cm³/mol. The van der Waals surface area contributed by atoms with Crippen LogP contribution < -0.4 is 5.32 Å². The summed E-state index contributed by atoms with van der Waals surface area (Å²) in [6, 6.07) is 19.5. The summed E-state index contributed by atoms with van der Waals surface area (Å²) < 4.78 is 0. The molecule has 0 saturated heterocycles. The van der Waals surface area contributed by atoms with Crippen LogP contribution in [0.2, 0.25) is 0 Å². The first-order chi connectivity index (χ1) is 10.3. The summed E-state index contributed by atoms with van der Waals surface area (Å²) in [7, 11) is 0. The standard InChI is InChI=1S/C18H18ClNO/c19-12-7-13-20-18(21)17(16-10-5-2-6-11-16)14-15-8-3-1-4-9-15/h1-6,8-11,14H,7,12-13H2,(H,20,21). The molecule has 0 heterocycles. The Kier molecular flexibility index (Phi) is 6.04. The number of halogens is 1. The molecule has 2 aromatic carbocycles. The highest BCUT2D eigenvalue weighted by atomic mass is 35.5. The van der Waals surface area contributed by atoms with Crippen LogP contribution in [0.5, 0.6) is 0 Å². The molecule has 0 saturated carbocycles. The molecule has 0 aromatic heterocycles. The van der Waals surface area contributed by atoms with Crippen molar-refractivity contribution >= 4 is 29.2 Å². The van der Waals surface area contributed by atoms with E-state index in [1.54, 1.807) is 0 Å². The molecule has 3 heteroatoms. The lowest BCUT2D eigenvalue weighted by Crippen LogP contribution is -2.25. The highest BCUT2D eigenvalue weighted by Gasteiger charge is 2.11. The summed E-state index contributed by atoms with van der Waals surface area (Å²) in [6.07, 6.45) is 2.67. The lowest BCUT2D eigenvalue weighted by atomic mass is 10.0. The van der Waals surface area contributed by atoms with E-state index in [2.05, 4.69) is 5.32 Å². The van der Waals surface area contributed by atoms with Gasteiger partial charge in [-0.1, -0.05) is 60.7 Å². The fraction of sp³-hybridized carbons (Fsp3) is 0.167. The summed E-state index contributed by atoms with van der Waals surface area (Å²) in [6.45, 7) is 0.585. The maximum atomic E-state index is 12.4. The van der Waals surface area contributed by atoms with Gasteiger partial charge in [0.2, 0.25) is 0 Å². The number of hydrogen-bond donors (Lipinski definition) is 1. The van der Waals surface area contributed by atoms with Crippen molar-refractivity contribution in [3.63, 3.8) is 0 Å². The normalized spacial score (nSPS) is 11.2. The molecule has 1 N–H and O–H groups in total. The third kappa shape index (κ3) is 4.76. The average molecular weight is 300 g/mol. The molecule has 1 amide bonds. The number of carbonyl (C=O) groups is 1. The number of nitrogens with one attached hydrogen (secondary N) is 1. The molecule has 2 rings (SSSR count). The molecule has 0 radical (unpaired) electrons. The van der Waals surface area contributed by atoms with E-state index in [4.69, 9.17) is 11.6 Å². The Bertz CT molecular complexity index is 593. The minimum absolute atomic E-state index is 0.0739. The second kappa shape index (κ2) is 8.28. The first-order valence-electron chi connectivity index (χ1n) is 6.97. The number of amides is 1. The first-order valence-corrected chi connectivity index (χ1v) is 7.51. The zero-order valence-electron chi connectivity index (χ0n) is 11.8. The second-order valence-electron chi connectivity index (χ2n) is 4.63. The summed E-state index contributed by atoms with van der Waals surface area (Å²) in [5.74, 6) is 0.471. The van der Waals surface area contributed by atoms with Crippen molar-refractivity contribution in [2.75, 3.05) is 12.4 Å². The van der Waals surface area contributed by atoms with Crippen molar-refractivity contribution < 1.29 is 4.79 Å². The van der Waals surface area contributed by atoms with Crippen LogP contribution in [0.3, 0.4) is 0 Å². The molecule has 0 aliphatic heterocycles. The van der Waals surface area contributed by atoms with E-state index in [0.717, 1.165) is 17.5 Å². The Hall–Kier alpha value is -2.06. The molecule has 21 heavy (non-hydrogen) atoms. The Morgan fingerprint density at radius 2 is 1.62 bits per heavy atom. The molecule has 0 unspecified atom stereocenters. The van der Waals surface area contributed by atoms with Gasteiger partial charge in [-0.05, 0) is 23.6 Å². The first kappa shape index (κ1) is 15.3. The van der Waals surface area contributed by atoms with Crippen LogP contribution in [-0.4, -0.2) is 18.3 Å². The third-order valence-electron chi connectivity index (χ3n) is 3.04. The number of hydrogen-bond acceptors (Lipinski definition) is 1. The van der Waals surface area contributed by atoms with E-state index in [1.807, 2.05) is 66.7 Å². The molecular formula is C18H18ClNO. The third-order valence-corrected chi connectivity index (χ3v) is 3.30. The average Bonchev–Trinajstić information content (AvgIpc) is 2.54. The SMILES string of the molecule is O=C(NCCCCl)C(=Cc1ccccc1)c1ccccc1. The van der Waals surface area contributed by atoms with Crippen LogP contribution in [0.15, 0.2) is 60.7 Å². The van der Waals surface area contributed by atoms with Gasteiger partial charge in [0.25, 0.3) is 5.91 Å². The lowest BCUT2D eigenvalue weighted by molar-refractivity contribution is -0.115. The summed E-state index contributed by atoms with van der Waals surface area (Å²) >= 11 is 5.65. The molecule has 2 aromatic rings. The Morgan fingerprint density at radius 3 is 2.24 bits per heavy atom. The smallest absolute Gasteiger partial charge is 0.251 e. The minimum atomic E-state index is -0.0739. The van der Waals surface area contributed by atoms with E-state index >= 15 is 0 Å². The van der Waals surface area contributed by atoms with Gasteiger partial charge < -0.3 is 5.32 Å². The Labute approximate surface area is 130 Å². The number of benzene rings is 2. The van der Waals surface area contributed by atoms with Gasteiger partial charge in [-0.25, -0.2) is 0 Å². The maximum absolute atomic E-state index is 12.4. The second-order valence-corrected chi connectivity index (χ2v) is 5.01.